The van der Waals surface area contributed by atoms with E-state index in [0.717, 1.165) is 27.9 Å². The molecule has 1 N–H and O–H groups in total. The predicted octanol–water partition coefficient (Wildman–Crippen LogP) is 5.06. The van der Waals surface area contributed by atoms with E-state index in [1.807, 2.05) is 48.5 Å². The van der Waals surface area contributed by atoms with Gasteiger partial charge in [-0.25, -0.2) is 4.98 Å². The van der Waals surface area contributed by atoms with Gasteiger partial charge >= 0.3 is 0 Å². The van der Waals surface area contributed by atoms with Crippen LogP contribution in [0.15, 0.2) is 59.6 Å². The number of nitrogens with one attached hydrogen (secondary N) is 1. The molecule has 0 aliphatic rings. The summed E-state index contributed by atoms with van der Waals surface area (Å²) in [6.07, 6.45) is 0.922. The molecule has 0 aliphatic heterocycles. The Labute approximate surface area is 158 Å². The summed E-state index contributed by atoms with van der Waals surface area (Å²) in [5.41, 5.74) is 2.82. The van der Waals surface area contributed by atoms with E-state index in [0.29, 0.717) is 23.8 Å². The summed E-state index contributed by atoms with van der Waals surface area (Å²) >= 11 is 1.44. The number of hydrogen-bond donors (Lipinski definition) is 1. The van der Waals surface area contributed by atoms with Gasteiger partial charge in [0.2, 0.25) is 5.91 Å². The van der Waals surface area contributed by atoms with Crippen LogP contribution in [0.1, 0.15) is 18.9 Å². The minimum Gasteiger partial charge on any atom is -0.491 e. The highest BCUT2D eigenvalue weighted by Crippen LogP contribution is 2.26. The average molecular weight is 366 g/mol. The molecule has 0 aliphatic carbocycles. The standard InChI is InChI=1S/C21H22N2O2S/c1-3-12-25-19-11-7-6-10-18(19)22-20(24)14-26-21-13-15(2)16-8-4-5-9-17(16)23-21/h4-11,13H,3,12,14H2,1-2H3,(H,22,24). The summed E-state index contributed by atoms with van der Waals surface area (Å²) in [4.78, 5) is 17.0. The lowest BCUT2D eigenvalue weighted by molar-refractivity contribution is -0.113. The van der Waals surface area contributed by atoms with Gasteiger partial charge in [0, 0.05) is 5.39 Å². The van der Waals surface area contributed by atoms with Crippen molar-refractivity contribution in [3.05, 3.63) is 60.2 Å². The third-order valence-electron chi connectivity index (χ3n) is 3.87. The van der Waals surface area contributed by atoms with Crippen molar-refractivity contribution in [2.75, 3.05) is 17.7 Å². The Bertz CT molecular complexity index is 911. The van der Waals surface area contributed by atoms with E-state index in [4.69, 9.17) is 4.74 Å². The number of hydrogen-bond acceptors (Lipinski definition) is 4. The number of thioether (sulfide) groups is 1. The topological polar surface area (TPSA) is 51.2 Å². The smallest absolute Gasteiger partial charge is 0.234 e. The summed E-state index contributed by atoms with van der Waals surface area (Å²) in [5, 5.41) is 4.92. The Morgan fingerprint density at radius 2 is 1.92 bits per heavy atom. The Balaban J connectivity index is 1.65. The fourth-order valence-corrected chi connectivity index (χ4v) is 3.40. The number of nitrogens with zero attached hydrogens (tertiary/aromatic N) is 1. The van der Waals surface area contributed by atoms with E-state index in [2.05, 4.69) is 30.2 Å². The van der Waals surface area contributed by atoms with Crippen molar-refractivity contribution in [1.82, 2.24) is 4.98 Å². The molecule has 0 bridgehead atoms. The van der Waals surface area contributed by atoms with Crippen molar-refractivity contribution in [3.8, 4) is 5.75 Å². The minimum atomic E-state index is -0.0739. The molecular formula is C21H22N2O2S. The van der Waals surface area contributed by atoms with Crippen molar-refractivity contribution in [2.45, 2.75) is 25.3 Å². The van der Waals surface area contributed by atoms with Gasteiger partial charge in [-0.15, -0.1) is 0 Å². The molecule has 26 heavy (non-hydrogen) atoms. The largest absolute Gasteiger partial charge is 0.491 e. The highest BCUT2D eigenvalue weighted by Gasteiger charge is 2.10. The lowest BCUT2D eigenvalue weighted by Gasteiger charge is -2.12. The zero-order valence-corrected chi connectivity index (χ0v) is 15.8. The maximum Gasteiger partial charge on any atom is 0.234 e. The number of pyridine rings is 1. The van der Waals surface area contributed by atoms with Crippen LogP contribution in [0.3, 0.4) is 0 Å². The molecule has 4 nitrogen and oxygen atoms in total. The second-order valence-corrected chi connectivity index (χ2v) is 6.97. The fraction of sp³-hybridized carbons (Fsp3) is 0.238. The number of carbonyl (C=O) groups excluding carboxylic acids is 1. The molecule has 1 aromatic heterocycles. The number of aromatic nitrogens is 1. The number of para-hydroxylation sites is 3. The van der Waals surface area contributed by atoms with Gasteiger partial charge in [0.1, 0.15) is 5.75 Å². The van der Waals surface area contributed by atoms with Crippen molar-refractivity contribution in [1.29, 1.82) is 0 Å². The second-order valence-electron chi connectivity index (χ2n) is 5.98. The number of ether oxygens (including phenoxy) is 1. The van der Waals surface area contributed by atoms with Crippen LogP contribution in [0.4, 0.5) is 5.69 Å². The van der Waals surface area contributed by atoms with Gasteiger partial charge in [0.15, 0.2) is 0 Å². The van der Waals surface area contributed by atoms with Crippen LogP contribution >= 0.6 is 11.8 Å². The number of aryl methyl sites for hydroxylation is 1. The first kappa shape index (κ1) is 18.3. The van der Waals surface area contributed by atoms with Crippen molar-refractivity contribution in [2.24, 2.45) is 0 Å². The molecular weight excluding hydrogens is 344 g/mol. The third kappa shape index (κ3) is 4.55. The molecule has 0 fully saturated rings. The Morgan fingerprint density at radius 1 is 1.15 bits per heavy atom. The maximum atomic E-state index is 12.3. The first-order valence-electron chi connectivity index (χ1n) is 8.68. The van der Waals surface area contributed by atoms with Gasteiger partial charge in [-0.3, -0.25) is 4.79 Å². The summed E-state index contributed by atoms with van der Waals surface area (Å²) in [5.74, 6) is 0.926. The van der Waals surface area contributed by atoms with E-state index in [9.17, 15) is 4.79 Å². The SMILES string of the molecule is CCCOc1ccccc1NC(=O)CSc1cc(C)c2ccccc2n1. The van der Waals surface area contributed by atoms with E-state index in [-0.39, 0.29) is 5.91 Å². The summed E-state index contributed by atoms with van der Waals surface area (Å²) in [6, 6.07) is 17.6. The second kappa shape index (κ2) is 8.72. The lowest BCUT2D eigenvalue weighted by atomic mass is 10.1. The first-order valence-corrected chi connectivity index (χ1v) is 9.67. The zero-order chi connectivity index (χ0) is 18.4. The van der Waals surface area contributed by atoms with Crippen molar-refractivity contribution < 1.29 is 9.53 Å². The van der Waals surface area contributed by atoms with Gasteiger partial charge in [-0.2, -0.15) is 0 Å². The van der Waals surface area contributed by atoms with E-state index >= 15 is 0 Å². The van der Waals surface area contributed by atoms with Gasteiger partial charge in [0.05, 0.1) is 28.6 Å². The van der Waals surface area contributed by atoms with Gasteiger partial charge in [0.25, 0.3) is 0 Å². The number of rotatable bonds is 7. The normalized spacial score (nSPS) is 10.7. The van der Waals surface area contributed by atoms with Crippen LogP contribution in [-0.4, -0.2) is 23.3 Å². The predicted molar refractivity (Wildman–Crippen MR) is 108 cm³/mol. The zero-order valence-electron chi connectivity index (χ0n) is 15.0. The van der Waals surface area contributed by atoms with Gasteiger partial charge in [-0.05, 0) is 43.2 Å². The van der Waals surface area contributed by atoms with Crippen LogP contribution in [0.5, 0.6) is 5.75 Å². The van der Waals surface area contributed by atoms with Crippen LogP contribution in [-0.2, 0) is 4.79 Å². The molecule has 0 unspecified atom stereocenters. The monoisotopic (exact) mass is 366 g/mol. The molecule has 0 spiro atoms. The molecule has 2 aromatic carbocycles. The van der Waals surface area contributed by atoms with Crippen molar-refractivity contribution >= 4 is 34.3 Å². The van der Waals surface area contributed by atoms with Crippen LogP contribution < -0.4 is 10.1 Å². The number of fused-ring (bicyclic) bond motifs is 1. The summed E-state index contributed by atoms with van der Waals surface area (Å²) in [6.45, 7) is 4.74. The number of carbonyl (C=O) groups is 1. The summed E-state index contributed by atoms with van der Waals surface area (Å²) < 4.78 is 5.68. The highest BCUT2D eigenvalue weighted by molar-refractivity contribution is 7.99. The Kier molecular flexibility index (Phi) is 6.12. The quantitative estimate of drug-likeness (QED) is 0.594. The molecule has 134 valence electrons. The summed E-state index contributed by atoms with van der Waals surface area (Å²) in [7, 11) is 0. The van der Waals surface area contributed by atoms with E-state index in [1.165, 1.54) is 11.8 Å². The highest BCUT2D eigenvalue weighted by atomic mass is 32.2. The van der Waals surface area contributed by atoms with E-state index < -0.39 is 0 Å². The number of anilines is 1. The Morgan fingerprint density at radius 3 is 2.77 bits per heavy atom. The molecule has 0 radical (unpaired) electrons. The number of amides is 1. The third-order valence-corrected chi connectivity index (χ3v) is 4.78. The molecule has 3 aromatic rings. The van der Waals surface area contributed by atoms with E-state index in [1.54, 1.807) is 0 Å². The molecule has 3 rings (SSSR count). The molecule has 0 saturated heterocycles. The molecule has 5 heteroatoms. The maximum absolute atomic E-state index is 12.3. The van der Waals surface area contributed by atoms with Gasteiger partial charge in [-0.1, -0.05) is 49.0 Å². The Hall–Kier alpha value is -2.53. The molecule has 1 amide bonds. The van der Waals surface area contributed by atoms with Gasteiger partial charge < -0.3 is 10.1 Å². The minimum absolute atomic E-state index is 0.0739. The van der Waals surface area contributed by atoms with Crippen LogP contribution in [0.25, 0.3) is 10.9 Å². The lowest BCUT2D eigenvalue weighted by Crippen LogP contribution is -2.15. The molecule has 0 atom stereocenters. The average Bonchev–Trinajstić information content (AvgIpc) is 2.66. The van der Waals surface area contributed by atoms with Crippen LogP contribution in [0.2, 0.25) is 0 Å². The molecule has 0 saturated carbocycles. The number of benzene rings is 2. The fourth-order valence-electron chi connectivity index (χ4n) is 2.63. The van der Waals surface area contributed by atoms with Crippen molar-refractivity contribution in [3.63, 3.8) is 0 Å². The van der Waals surface area contributed by atoms with Crippen LogP contribution in [0, 0.1) is 6.92 Å². The molecule has 1 heterocycles. The first-order chi connectivity index (χ1) is 12.7.